The van der Waals surface area contributed by atoms with E-state index in [4.69, 9.17) is 10.1 Å². The molecule has 5 heteroatoms. The van der Waals surface area contributed by atoms with Crippen molar-refractivity contribution in [1.29, 1.82) is 5.41 Å². The van der Waals surface area contributed by atoms with Gasteiger partial charge in [0.25, 0.3) is 0 Å². The van der Waals surface area contributed by atoms with Gasteiger partial charge in [0.05, 0.1) is 24.1 Å². The average Bonchev–Trinajstić information content (AvgIpc) is 3.01. The summed E-state index contributed by atoms with van der Waals surface area (Å²) in [4.78, 5) is 0. The van der Waals surface area contributed by atoms with Crippen LogP contribution in [0.15, 0.2) is 77.3 Å². The van der Waals surface area contributed by atoms with E-state index in [-0.39, 0.29) is 5.41 Å². The van der Waals surface area contributed by atoms with Crippen LogP contribution in [0.4, 0.5) is 0 Å². The highest BCUT2D eigenvalue weighted by Gasteiger charge is 2.14. The van der Waals surface area contributed by atoms with Gasteiger partial charge in [0.15, 0.2) is 0 Å². The zero-order valence-corrected chi connectivity index (χ0v) is 19.8. The highest BCUT2D eigenvalue weighted by atomic mass is 79.9. The summed E-state index contributed by atoms with van der Waals surface area (Å²) in [5.74, 6) is 0.858. The van der Waals surface area contributed by atoms with Gasteiger partial charge in [-0.05, 0) is 46.9 Å². The molecular formula is C26H28BrN3O. The number of fused-ring (bicyclic) bond motifs is 1. The minimum atomic E-state index is 0.129. The monoisotopic (exact) mass is 477 g/mol. The first kappa shape index (κ1) is 21.4. The highest BCUT2D eigenvalue weighted by Crippen LogP contribution is 2.24. The number of hydrogen-bond acceptors (Lipinski definition) is 2. The van der Waals surface area contributed by atoms with Gasteiger partial charge in [-0.25, -0.2) is 0 Å². The Balaban J connectivity index is 1.55. The van der Waals surface area contributed by atoms with Gasteiger partial charge in [0.1, 0.15) is 12.4 Å². The number of nitrogens with zero attached hydrogens (tertiary/aromatic N) is 2. The number of benzene rings is 3. The molecule has 4 rings (SSSR count). The van der Waals surface area contributed by atoms with Crippen LogP contribution < -0.4 is 10.4 Å². The Bertz CT molecular complexity index is 1250. The SMILES string of the molecule is CC(C)(C)c1ccc(OCCn2c(=N)n(Cc3ccccc3Br)c3ccccc32)cc1. The summed E-state index contributed by atoms with van der Waals surface area (Å²) in [6.07, 6.45) is 0. The summed E-state index contributed by atoms with van der Waals surface area (Å²) in [6, 6.07) is 24.7. The first-order valence-corrected chi connectivity index (χ1v) is 11.3. The van der Waals surface area contributed by atoms with E-state index in [1.54, 1.807) is 0 Å². The topological polar surface area (TPSA) is 42.9 Å². The van der Waals surface area contributed by atoms with Crippen molar-refractivity contribution in [1.82, 2.24) is 9.13 Å². The van der Waals surface area contributed by atoms with Gasteiger partial charge < -0.3 is 13.9 Å². The number of hydrogen-bond donors (Lipinski definition) is 1. The summed E-state index contributed by atoms with van der Waals surface area (Å²) in [5.41, 5.74) is 5.15. The second-order valence-electron chi connectivity index (χ2n) is 8.76. The van der Waals surface area contributed by atoms with Crippen molar-refractivity contribution < 1.29 is 4.74 Å². The minimum absolute atomic E-state index is 0.129. The molecule has 1 heterocycles. The van der Waals surface area contributed by atoms with E-state index in [2.05, 4.69) is 67.0 Å². The van der Waals surface area contributed by atoms with E-state index in [9.17, 15) is 0 Å². The fourth-order valence-electron chi connectivity index (χ4n) is 3.78. The normalized spacial score (nSPS) is 11.7. The number of aromatic nitrogens is 2. The molecule has 0 bridgehead atoms. The van der Waals surface area contributed by atoms with E-state index in [0.29, 0.717) is 25.3 Å². The Labute approximate surface area is 191 Å². The Morgan fingerprint density at radius 2 is 1.45 bits per heavy atom. The van der Waals surface area contributed by atoms with Crippen LogP contribution in [0, 0.1) is 5.41 Å². The third-order valence-corrected chi connectivity index (χ3v) is 6.34. The lowest BCUT2D eigenvalue weighted by Crippen LogP contribution is -2.27. The number of halogens is 1. The maximum Gasteiger partial charge on any atom is 0.203 e. The van der Waals surface area contributed by atoms with Crippen LogP contribution >= 0.6 is 15.9 Å². The summed E-state index contributed by atoms with van der Waals surface area (Å²) in [7, 11) is 0. The lowest BCUT2D eigenvalue weighted by atomic mass is 9.87. The van der Waals surface area contributed by atoms with Crippen LogP contribution in [0.1, 0.15) is 31.9 Å². The number of rotatable bonds is 6. The largest absolute Gasteiger partial charge is 0.492 e. The molecule has 0 fully saturated rings. The van der Waals surface area contributed by atoms with Gasteiger partial charge >= 0.3 is 0 Å². The lowest BCUT2D eigenvalue weighted by molar-refractivity contribution is 0.296. The summed E-state index contributed by atoms with van der Waals surface area (Å²) >= 11 is 3.63. The van der Waals surface area contributed by atoms with Crippen molar-refractivity contribution in [2.75, 3.05) is 6.61 Å². The summed E-state index contributed by atoms with van der Waals surface area (Å²) in [6.45, 7) is 8.39. The molecule has 0 saturated carbocycles. The average molecular weight is 478 g/mol. The lowest BCUT2D eigenvalue weighted by Gasteiger charge is -2.19. The van der Waals surface area contributed by atoms with E-state index in [0.717, 1.165) is 26.8 Å². The predicted octanol–water partition coefficient (Wildman–Crippen LogP) is 6.11. The molecule has 160 valence electrons. The Morgan fingerprint density at radius 3 is 2.10 bits per heavy atom. The Kier molecular flexibility index (Phi) is 6.05. The van der Waals surface area contributed by atoms with E-state index < -0.39 is 0 Å². The van der Waals surface area contributed by atoms with Crippen molar-refractivity contribution in [3.05, 3.63) is 94.0 Å². The Hall–Kier alpha value is -2.79. The highest BCUT2D eigenvalue weighted by molar-refractivity contribution is 9.10. The molecule has 0 amide bonds. The van der Waals surface area contributed by atoms with Crippen molar-refractivity contribution >= 4 is 27.0 Å². The molecule has 1 N–H and O–H groups in total. The maximum atomic E-state index is 8.83. The molecule has 31 heavy (non-hydrogen) atoms. The van der Waals surface area contributed by atoms with Crippen LogP contribution in [0.25, 0.3) is 11.0 Å². The van der Waals surface area contributed by atoms with Gasteiger partial charge in [-0.1, -0.05) is 79.2 Å². The molecule has 0 aliphatic heterocycles. The number of nitrogens with one attached hydrogen (secondary N) is 1. The zero-order chi connectivity index (χ0) is 22.0. The maximum absolute atomic E-state index is 8.83. The van der Waals surface area contributed by atoms with E-state index >= 15 is 0 Å². The number of imidazole rings is 1. The van der Waals surface area contributed by atoms with Crippen LogP contribution in [0.3, 0.4) is 0 Å². The third kappa shape index (κ3) is 4.62. The van der Waals surface area contributed by atoms with Gasteiger partial charge in [0.2, 0.25) is 5.62 Å². The fourth-order valence-corrected chi connectivity index (χ4v) is 4.19. The zero-order valence-electron chi connectivity index (χ0n) is 18.2. The molecule has 1 aromatic heterocycles. The van der Waals surface area contributed by atoms with E-state index in [1.165, 1.54) is 5.56 Å². The fraction of sp³-hybridized carbons (Fsp3) is 0.269. The smallest absolute Gasteiger partial charge is 0.203 e. The Morgan fingerprint density at radius 1 is 0.839 bits per heavy atom. The predicted molar refractivity (Wildman–Crippen MR) is 130 cm³/mol. The second-order valence-corrected chi connectivity index (χ2v) is 9.62. The molecule has 0 atom stereocenters. The standard InChI is InChI=1S/C26H28BrN3O/c1-26(2,3)20-12-14-21(15-13-20)31-17-16-29-23-10-6-7-11-24(23)30(25(29)28)18-19-8-4-5-9-22(19)27/h4-15,28H,16-18H2,1-3H3. The molecule has 4 nitrogen and oxygen atoms in total. The number of ether oxygens (including phenoxy) is 1. The third-order valence-electron chi connectivity index (χ3n) is 5.56. The quantitative estimate of drug-likeness (QED) is 0.357. The van der Waals surface area contributed by atoms with Gasteiger partial charge in [-0.2, -0.15) is 0 Å². The van der Waals surface area contributed by atoms with Gasteiger partial charge in [-0.15, -0.1) is 0 Å². The molecule has 0 saturated heterocycles. The number of para-hydroxylation sites is 2. The molecule has 0 spiro atoms. The molecular weight excluding hydrogens is 450 g/mol. The van der Waals surface area contributed by atoms with Crippen LogP contribution in [0.5, 0.6) is 5.75 Å². The van der Waals surface area contributed by atoms with Crippen LogP contribution in [0.2, 0.25) is 0 Å². The molecule has 0 aliphatic rings. The molecule has 0 aliphatic carbocycles. The van der Waals surface area contributed by atoms with Gasteiger partial charge in [-0.3, -0.25) is 5.41 Å². The van der Waals surface area contributed by atoms with Crippen molar-refractivity contribution in [2.24, 2.45) is 0 Å². The summed E-state index contributed by atoms with van der Waals surface area (Å²) < 4.78 is 11.1. The minimum Gasteiger partial charge on any atom is -0.492 e. The van der Waals surface area contributed by atoms with Gasteiger partial charge in [0, 0.05) is 4.47 Å². The molecule has 4 aromatic rings. The summed E-state index contributed by atoms with van der Waals surface area (Å²) in [5, 5.41) is 8.83. The molecule has 3 aromatic carbocycles. The van der Waals surface area contributed by atoms with Crippen molar-refractivity contribution in [2.45, 2.75) is 39.3 Å². The van der Waals surface area contributed by atoms with Crippen LogP contribution in [-0.4, -0.2) is 15.7 Å². The second kappa shape index (κ2) is 8.75. The first-order chi connectivity index (χ1) is 14.8. The molecule has 0 radical (unpaired) electrons. The van der Waals surface area contributed by atoms with E-state index in [1.807, 2.05) is 51.6 Å². The first-order valence-electron chi connectivity index (χ1n) is 10.5. The van der Waals surface area contributed by atoms with Crippen molar-refractivity contribution in [3.8, 4) is 5.75 Å². The van der Waals surface area contributed by atoms with Crippen LogP contribution in [-0.2, 0) is 18.5 Å². The van der Waals surface area contributed by atoms with Crippen molar-refractivity contribution in [3.63, 3.8) is 0 Å². The molecule has 0 unspecified atom stereocenters.